The molecule has 0 radical (unpaired) electrons. The van der Waals surface area contributed by atoms with Crippen LogP contribution in [-0.4, -0.2) is 24.1 Å². The SMILES string of the molecule is CC(O)[CH2][Sb]([Br])([Br])([c]1ccccc1)[c]1ccccc1. The predicted octanol–water partition coefficient (Wildman–Crippen LogP) is 3.37. The van der Waals surface area contributed by atoms with Crippen molar-refractivity contribution < 1.29 is 5.11 Å². The third kappa shape index (κ3) is 3.26. The molecule has 1 nitrogen and oxygen atoms in total. The summed E-state index contributed by atoms with van der Waals surface area (Å²) in [4.78, 5) is 0. The van der Waals surface area contributed by atoms with Crippen LogP contribution in [0.3, 0.4) is 0 Å². The molecule has 0 fully saturated rings. The van der Waals surface area contributed by atoms with Crippen molar-refractivity contribution in [2.24, 2.45) is 0 Å². The van der Waals surface area contributed by atoms with Crippen LogP contribution in [0.15, 0.2) is 60.7 Å². The van der Waals surface area contributed by atoms with Gasteiger partial charge in [-0.25, -0.2) is 0 Å². The first-order chi connectivity index (χ1) is 8.92. The monoisotopic (exact) mass is 492 g/mol. The van der Waals surface area contributed by atoms with Gasteiger partial charge in [0.15, 0.2) is 0 Å². The van der Waals surface area contributed by atoms with Crippen LogP contribution < -0.4 is 7.02 Å². The number of aliphatic hydroxyl groups excluding tert-OH is 1. The van der Waals surface area contributed by atoms with Gasteiger partial charge in [-0.2, -0.15) is 0 Å². The molecule has 0 heterocycles. The van der Waals surface area contributed by atoms with Crippen molar-refractivity contribution in [1.82, 2.24) is 0 Å². The summed E-state index contributed by atoms with van der Waals surface area (Å²) in [5.41, 5.74) is 0. The van der Waals surface area contributed by atoms with E-state index < -0.39 is 12.9 Å². The summed E-state index contributed by atoms with van der Waals surface area (Å²) in [5.74, 6) is 0. The van der Waals surface area contributed by atoms with Crippen LogP contribution in [0.4, 0.5) is 0 Å². The molecule has 19 heavy (non-hydrogen) atoms. The van der Waals surface area contributed by atoms with Crippen LogP contribution in [0.5, 0.6) is 0 Å². The Hall–Kier alpha value is 0.178. The van der Waals surface area contributed by atoms with E-state index >= 15 is 0 Å². The Labute approximate surface area is 127 Å². The molecule has 0 bridgehead atoms. The van der Waals surface area contributed by atoms with Crippen LogP contribution >= 0.6 is 25.2 Å². The van der Waals surface area contributed by atoms with E-state index in [-0.39, 0.29) is 6.10 Å². The molecule has 2 aromatic rings. The maximum absolute atomic E-state index is 9.97. The Morgan fingerprint density at radius 1 is 0.895 bits per heavy atom. The number of benzene rings is 2. The molecule has 0 aliphatic rings. The standard InChI is InChI=1S/2C6H5.C3H7O.2BrH.Sb/c2*1-2-4-6-5-3-1;1-3(2)4;;;/h2*1-5H;3-4H,1H2,2H3;2*1H;/q;;;;;+2/p-2. The van der Waals surface area contributed by atoms with E-state index in [0.29, 0.717) is 0 Å². The van der Waals surface area contributed by atoms with Gasteiger partial charge >= 0.3 is 128 Å². The van der Waals surface area contributed by atoms with Crippen molar-refractivity contribution in [2.45, 2.75) is 17.4 Å². The second kappa shape index (κ2) is 5.89. The zero-order valence-electron chi connectivity index (χ0n) is 10.7. The third-order valence-electron chi connectivity index (χ3n) is 3.11. The minimum atomic E-state index is -3.61. The molecule has 1 atom stereocenters. The van der Waals surface area contributed by atoms with Gasteiger partial charge in [0.05, 0.1) is 0 Å². The van der Waals surface area contributed by atoms with E-state index in [0.717, 1.165) is 4.37 Å². The fourth-order valence-electron chi connectivity index (χ4n) is 2.27. The molecule has 0 aliphatic heterocycles. The number of rotatable bonds is 4. The van der Waals surface area contributed by atoms with Gasteiger partial charge in [-0.05, 0) is 0 Å². The summed E-state index contributed by atoms with van der Waals surface area (Å²) in [6.45, 7) is 1.85. The molecule has 4 heteroatoms. The van der Waals surface area contributed by atoms with E-state index in [2.05, 4.69) is 49.5 Å². The van der Waals surface area contributed by atoms with Gasteiger partial charge in [0.2, 0.25) is 0 Å². The quantitative estimate of drug-likeness (QED) is 0.646. The molecule has 0 aliphatic carbocycles. The summed E-state index contributed by atoms with van der Waals surface area (Å²) in [5, 5.41) is 9.97. The normalized spacial score (nSPS) is 15.5. The summed E-state index contributed by atoms with van der Waals surface area (Å²) in [7, 11) is 0. The minimum absolute atomic E-state index is 0.360. The molecule has 2 aromatic carbocycles. The second-order valence-corrected chi connectivity index (χ2v) is 42.3. The first kappa shape index (κ1) is 15.6. The van der Waals surface area contributed by atoms with Gasteiger partial charge < -0.3 is 0 Å². The molecule has 0 aromatic heterocycles. The predicted molar refractivity (Wildman–Crippen MR) is 92.2 cm³/mol. The summed E-state index contributed by atoms with van der Waals surface area (Å²) >= 11 is 4.52. The summed E-state index contributed by atoms with van der Waals surface area (Å²) in [6, 6.07) is 20.8. The fraction of sp³-hybridized carbons (Fsp3) is 0.200. The van der Waals surface area contributed by atoms with Gasteiger partial charge in [0.1, 0.15) is 0 Å². The van der Waals surface area contributed by atoms with E-state index in [1.165, 1.54) is 7.02 Å². The average molecular weight is 495 g/mol. The van der Waals surface area contributed by atoms with Crippen LogP contribution in [0, 0.1) is 0 Å². The number of hydrogen-bond acceptors (Lipinski definition) is 1. The Kier molecular flexibility index (Phi) is 4.83. The van der Waals surface area contributed by atoms with Gasteiger partial charge in [0, 0.05) is 0 Å². The van der Waals surface area contributed by atoms with E-state index in [9.17, 15) is 5.11 Å². The molecule has 1 N–H and O–H groups in total. The van der Waals surface area contributed by atoms with E-state index in [4.69, 9.17) is 0 Å². The topological polar surface area (TPSA) is 20.2 Å². The first-order valence-corrected chi connectivity index (χ1v) is 22.0. The Balaban J connectivity index is 2.64. The third-order valence-corrected chi connectivity index (χ3v) is 28.8. The Bertz CT molecular complexity index is 497. The van der Waals surface area contributed by atoms with E-state index in [1.807, 2.05) is 43.3 Å². The fourth-order valence-corrected chi connectivity index (χ4v) is 23.3. The van der Waals surface area contributed by atoms with Crippen molar-refractivity contribution in [3.05, 3.63) is 60.7 Å². The molecule has 2 rings (SSSR count). The molecule has 0 saturated carbocycles. The zero-order chi connectivity index (χ0) is 14.0. The van der Waals surface area contributed by atoms with Crippen molar-refractivity contribution in [1.29, 1.82) is 0 Å². The Morgan fingerprint density at radius 3 is 1.58 bits per heavy atom. The number of aliphatic hydroxyl groups is 1. The summed E-state index contributed by atoms with van der Waals surface area (Å²) < 4.78 is 3.26. The second-order valence-electron chi connectivity index (χ2n) is 4.77. The molecule has 1 unspecified atom stereocenters. The van der Waals surface area contributed by atoms with Gasteiger partial charge in [-0.3, -0.25) is 0 Å². The Morgan fingerprint density at radius 2 is 1.26 bits per heavy atom. The van der Waals surface area contributed by atoms with Gasteiger partial charge in [0.25, 0.3) is 0 Å². The van der Waals surface area contributed by atoms with Crippen molar-refractivity contribution in [3.63, 3.8) is 0 Å². The van der Waals surface area contributed by atoms with Crippen LogP contribution in [0.25, 0.3) is 0 Å². The van der Waals surface area contributed by atoms with E-state index in [1.54, 1.807) is 0 Å². The van der Waals surface area contributed by atoms with Crippen LogP contribution in [0.2, 0.25) is 4.37 Å². The van der Waals surface area contributed by atoms with Crippen molar-refractivity contribution in [3.8, 4) is 0 Å². The number of halogens is 2. The summed E-state index contributed by atoms with van der Waals surface area (Å²) in [6.07, 6.45) is -0.360. The molecule has 0 saturated heterocycles. The molecular weight excluding hydrogens is 478 g/mol. The van der Waals surface area contributed by atoms with Crippen molar-refractivity contribution in [2.75, 3.05) is 0 Å². The molecular formula is C15H17Br2OSb. The first-order valence-electron chi connectivity index (χ1n) is 6.17. The van der Waals surface area contributed by atoms with Gasteiger partial charge in [-0.1, -0.05) is 0 Å². The van der Waals surface area contributed by atoms with Gasteiger partial charge in [-0.15, -0.1) is 0 Å². The molecule has 0 spiro atoms. The van der Waals surface area contributed by atoms with Crippen LogP contribution in [-0.2, 0) is 0 Å². The van der Waals surface area contributed by atoms with Crippen LogP contribution in [0.1, 0.15) is 6.92 Å². The maximum atomic E-state index is 9.97. The molecule has 0 amide bonds. The molecule has 102 valence electrons. The zero-order valence-corrected chi connectivity index (χ0v) is 16.4. The van der Waals surface area contributed by atoms with Crippen molar-refractivity contribution >= 4 is 45.1 Å². The number of hydrogen-bond donors (Lipinski definition) is 1. The average Bonchev–Trinajstić information content (AvgIpc) is 2.40.